The number of pyridine rings is 1. The third-order valence-corrected chi connectivity index (χ3v) is 8.11. The molecule has 0 radical (unpaired) electrons. The van der Waals surface area contributed by atoms with Gasteiger partial charge in [-0.25, -0.2) is 21.5 Å². The van der Waals surface area contributed by atoms with Crippen LogP contribution in [0.15, 0.2) is 30.5 Å². The highest BCUT2D eigenvalue weighted by atomic mass is 35.5. The molecule has 0 atom stereocenters. The first kappa shape index (κ1) is 23.8. The van der Waals surface area contributed by atoms with Crippen LogP contribution in [0.5, 0.6) is 0 Å². The lowest BCUT2D eigenvalue weighted by Crippen LogP contribution is -2.51. The van der Waals surface area contributed by atoms with Crippen LogP contribution in [0, 0.1) is 11.6 Å². The highest BCUT2D eigenvalue weighted by molar-refractivity contribution is 7.89. The van der Waals surface area contributed by atoms with Crippen LogP contribution in [0.2, 0.25) is 10.0 Å². The Kier molecular flexibility index (Phi) is 7.20. The fraction of sp³-hybridized carbons (Fsp3) is 0.400. The van der Waals surface area contributed by atoms with Crippen molar-refractivity contribution in [2.75, 3.05) is 25.4 Å². The van der Waals surface area contributed by atoms with Gasteiger partial charge in [-0.3, -0.25) is 9.78 Å². The molecule has 0 saturated carbocycles. The summed E-state index contributed by atoms with van der Waals surface area (Å²) in [6.45, 7) is 2.00. The first-order valence-corrected chi connectivity index (χ1v) is 12.0. The number of hydrogen-bond donors (Lipinski definition) is 1. The molecule has 1 aliphatic heterocycles. The summed E-state index contributed by atoms with van der Waals surface area (Å²) < 4.78 is 53.8. The fourth-order valence-electron chi connectivity index (χ4n) is 3.72. The van der Waals surface area contributed by atoms with E-state index in [9.17, 15) is 22.0 Å². The number of sulfonamides is 1. The summed E-state index contributed by atoms with van der Waals surface area (Å²) in [5.74, 6) is -2.75. The Labute approximate surface area is 189 Å². The van der Waals surface area contributed by atoms with Crippen LogP contribution >= 0.6 is 23.2 Å². The van der Waals surface area contributed by atoms with E-state index in [-0.39, 0.29) is 25.4 Å². The monoisotopic (exact) mass is 491 g/mol. The van der Waals surface area contributed by atoms with Crippen molar-refractivity contribution in [3.63, 3.8) is 0 Å². The van der Waals surface area contributed by atoms with Gasteiger partial charge in [0.05, 0.1) is 27.1 Å². The van der Waals surface area contributed by atoms with Gasteiger partial charge in [0.1, 0.15) is 11.6 Å². The molecule has 0 aliphatic carbocycles. The van der Waals surface area contributed by atoms with E-state index in [1.165, 1.54) is 4.31 Å². The molecular weight excluding hydrogens is 471 g/mol. The van der Waals surface area contributed by atoms with E-state index in [2.05, 4.69) is 10.3 Å². The molecule has 3 rings (SSSR count). The Bertz CT molecular complexity index is 1090. The number of piperidine rings is 1. The Balaban J connectivity index is 1.89. The maximum atomic E-state index is 14.1. The van der Waals surface area contributed by atoms with Crippen molar-refractivity contribution in [2.24, 2.45) is 0 Å². The van der Waals surface area contributed by atoms with Gasteiger partial charge >= 0.3 is 0 Å². The van der Waals surface area contributed by atoms with E-state index in [1.807, 2.05) is 0 Å². The summed E-state index contributed by atoms with van der Waals surface area (Å²) >= 11 is 12.2. The number of halogens is 4. The van der Waals surface area contributed by atoms with E-state index in [1.54, 1.807) is 25.3 Å². The van der Waals surface area contributed by atoms with Crippen molar-refractivity contribution < 1.29 is 22.0 Å². The van der Waals surface area contributed by atoms with Gasteiger partial charge in [0.2, 0.25) is 10.0 Å². The van der Waals surface area contributed by atoms with Gasteiger partial charge < -0.3 is 5.32 Å². The molecule has 6 nitrogen and oxygen atoms in total. The molecule has 1 amide bonds. The predicted octanol–water partition coefficient (Wildman–Crippen LogP) is 3.78. The van der Waals surface area contributed by atoms with Crippen molar-refractivity contribution in [3.8, 4) is 0 Å². The van der Waals surface area contributed by atoms with Crippen LogP contribution in [-0.4, -0.2) is 49.0 Å². The summed E-state index contributed by atoms with van der Waals surface area (Å²) in [6.07, 6.45) is 2.23. The zero-order valence-electron chi connectivity index (χ0n) is 16.7. The number of carbonyl (C=O) groups is 1. The lowest BCUT2D eigenvalue weighted by Gasteiger charge is -2.41. The summed E-state index contributed by atoms with van der Waals surface area (Å²) in [5, 5.41) is 2.38. The van der Waals surface area contributed by atoms with Crippen LogP contribution in [0.3, 0.4) is 0 Å². The van der Waals surface area contributed by atoms with Gasteiger partial charge in [-0.05, 0) is 44.0 Å². The second-order valence-electron chi connectivity index (χ2n) is 7.31. The van der Waals surface area contributed by atoms with Crippen LogP contribution in [0.25, 0.3) is 0 Å². The summed E-state index contributed by atoms with van der Waals surface area (Å²) in [4.78, 5) is 17.0. The molecule has 0 spiro atoms. The van der Waals surface area contributed by atoms with Crippen molar-refractivity contribution in [2.45, 2.75) is 25.2 Å². The Morgan fingerprint density at radius 3 is 2.45 bits per heavy atom. The van der Waals surface area contributed by atoms with Gasteiger partial charge in [-0.2, -0.15) is 0 Å². The summed E-state index contributed by atoms with van der Waals surface area (Å²) in [5.41, 5.74) is -0.865. The first-order chi connectivity index (χ1) is 14.6. The number of hydrogen-bond acceptors (Lipinski definition) is 4. The Hall–Kier alpha value is -1.81. The molecule has 2 heterocycles. The molecule has 1 aliphatic rings. The number of nitrogens with one attached hydrogen (secondary N) is 1. The number of nitrogens with zero attached hydrogens (tertiary/aromatic N) is 2. The van der Waals surface area contributed by atoms with Gasteiger partial charge in [0, 0.05) is 31.2 Å². The molecule has 1 fully saturated rings. The van der Waals surface area contributed by atoms with Gasteiger partial charge in [0.25, 0.3) is 5.91 Å². The number of aromatic nitrogens is 1. The van der Waals surface area contributed by atoms with E-state index in [0.717, 1.165) is 12.1 Å². The maximum Gasteiger partial charge on any atom is 0.255 e. The van der Waals surface area contributed by atoms with Crippen molar-refractivity contribution in [1.29, 1.82) is 0 Å². The third kappa shape index (κ3) is 4.84. The summed E-state index contributed by atoms with van der Waals surface area (Å²) in [7, 11) is -3.37. The van der Waals surface area contributed by atoms with Gasteiger partial charge in [-0.1, -0.05) is 23.2 Å². The van der Waals surface area contributed by atoms with Crippen LogP contribution in [0.1, 0.15) is 35.8 Å². The SMILES string of the molecule is CCS(=O)(=O)N1CCC(CNC(=O)c2c(F)ccc(F)c2Cl)(c2ncccc2Cl)CC1. The highest BCUT2D eigenvalue weighted by Gasteiger charge is 2.41. The van der Waals surface area contributed by atoms with Crippen LogP contribution < -0.4 is 5.32 Å². The van der Waals surface area contributed by atoms with Crippen LogP contribution in [-0.2, 0) is 15.4 Å². The quantitative estimate of drug-likeness (QED) is 0.623. The number of rotatable bonds is 6. The zero-order chi connectivity index (χ0) is 22.8. The molecule has 2 aromatic rings. The van der Waals surface area contributed by atoms with E-state index >= 15 is 0 Å². The average Bonchev–Trinajstić information content (AvgIpc) is 2.76. The minimum atomic E-state index is -3.37. The maximum absolute atomic E-state index is 14.1. The smallest absolute Gasteiger partial charge is 0.255 e. The lowest BCUT2D eigenvalue weighted by atomic mass is 9.75. The Morgan fingerprint density at radius 1 is 1.19 bits per heavy atom. The largest absolute Gasteiger partial charge is 0.351 e. The van der Waals surface area contributed by atoms with Gasteiger partial charge in [-0.15, -0.1) is 0 Å². The van der Waals surface area contributed by atoms with Crippen molar-refractivity contribution in [1.82, 2.24) is 14.6 Å². The number of benzene rings is 1. The zero-order valence-corrected chi connectivity index (χ0v) is 19.0. The fourth-order valence-corrected chi connectivity index (χ4v) is 5.39. The standard InChI is InChI=1S/C20H21Cl2F2N3O3S/c1-2-31(29,30)27-10-7-20(8-11-27,18-13(21)4-3-9-25-18)12-26-19(28)16-14(23)5-6-15(24)17(16)22/h3-6,9H,2,7-8,10-12H2,1H3,(H,26,28). The molecule has 1 saturated heterocycles. The minimum absolute atomic E-state index is 0.00510. The second kappa shape index (κ2) is 9.36. The first-order valence-electron chi connectivity index (χ1n) is 9.62. The molecule has 1 aromatic heterocycles. The molecule has 1 N–H and O–H groups in total. The molecule has 0 unspecified atom stereocenters. The molecule has 11 heteroatoms. The molecule has 1 aromatic carbocycles. The molecule has 0 bridgehead atoms. The minimum Gasteiger partial charge on any atom is -0.351 e. The number of carbonyl (C=O) groups excluding carboxylic acids is 1. The van der Waals surface area contributed by atoms with Crippen LogP contribution in [0.4, 0.5) is 8.78 Å². The van der Waals surface area contributed by atoms with E-state index in [0.29, 0.717) is 23.6 Å². The molecular formula is C20H21Cl2F2N3O3S. The van der Waals surface area contributed by atoms with E-state index < -0.39 is 43.6 Å². The van der Waals surface area contributed by atoms with E-state index in [4.69, 9.17) is 23.2 Å². The Morgan fingerprint density at radius 2 is 1.84 bits per heavy atom. The normalized spacial score (nSPS) is 16.8. The number of amides is 1. The third-order valence-electron chi connectivity index (χ3n) is 5.56. The second-order valence-corrected chi connectivity index (χ2v) is 10.4. The molecule has 31 heavy (non-hydrogen) atoms. The topological polar surface area (TPSA) is 79.4 Å². The van der Waals surface area contributed by atoms with Gasteiger partial charge in [0.15, 0.2) is 0 Å². The van der Waals surface area contributed by atoms with Crippen molar-refractivity contribution in [3.05, 3.63) is 63.4 Å². The van der Waals surface area contributed by atoms with Crippen molar-refractivity contribution >= 4 is 39.1 Å². The lowest BCUT2D eigenvalue weighted by molar-refractivity contribution is 0.0927. The molecule has 168 valence electrons. The highest BCUT2D eigenvalue weighted by Crippen LogP contribution is 2.38. The predicted molar refractivity (Wildman–Crippen MR) is 115 cm³/mol. The summed E-state index contributed by atoms with van der Waals surface area (Å²) in [6, 6.07) is 4.99. The average molecular weight is 492 g/mol.